The molecule has 2 rings (SSSR count). The van der Waals surface area contributed by atoms with Crippen LogP contribution in [0.5, 0.6) is 0 Å². The Labute approximate surface area is 101 Å². The summed E-state index contributed by atoms with van der Waals surface area (Å²) in [6.07, 6.45) is 5.01. The lowest BCUT2D eigenvalue weighted by Gasteiger charge is -2.34. The standard InChI is InChI=1S/C13H18O4/c1-9-11(8-16-10(2)14)13(17-12(9)15)6-4-3-5-7-13/h3-8H2,1-2H3. The van der Waals surface area contributed by atoms with E-state index in [0.717, 1.165) is 31.3 Å². The van der Waals surface area contributed by atoms with Crippen LogP contribution in [0.3, 0.4) is 0 Å². The largest absolute Gasteiger partial charge is 0.461 e. The normalized spacial score (nSPS) is 22.8. The van der Waals surface area contributed by atoms with Gasteiger partial charge < -0.3 is 9.47 Å². The van der Waals surface area contributed by atoms with E-state index in [1.807, 2.05) is 0 Å². The Bertz CT molecular complexity index is 375. The Morgan fingerprint density at radius 1 is 1.35 bits per heavy atom. The van der Waals surface area contributed by atoms with Gasteiger partial charge >= 0.3 is 11.9 Å². The van der Waals surface area contributed by atoms with Crippen LogP contribution in [0.15, 0.2) is 11.1 Å². The zero-order valence-electron chi connectivity index (χ0n) is 10.4. The van der Waals surface area contributed by atoms with Gasteiger partial charge in [-0.05, 0) is 32.6 Å². The quantitative estimate of drug-likeness (QED) is 0.691. The molecule has 1 fully saturated rings. The number of hydrogen-bond acceptors (Lipinski definition) is 4. The van der Waals surface area contributed by atoms with Crippen molar-refractivity contribution in [3.63, 3.8) is 0 Å². The van der Waals surface area contributed by atoms with E-state index in [0.29, 0.717) is 5.57 Å². The van der Waals surface area contributed by atoms with Gasteiger partial charge in [0.25, 0.3) is 0 Å². The number of ether oxygens (including phenoxy) is 2. The maximum Gasteiger partial charge on any atom is 0.334 e. The molecule has 0 aromatic rings. The molecular formula is C13H18O4. The summed E-state index contributed by atoms with van der Waals surface area (Å²) in [5.41, 5.74) is 1.01. The molecule has 1 aliphatic carbocycles. The number of carbonyl (C=O) groups excluding carboxylic acids is 2. The van der Waals surface area contributed by atoms with Crippen LogP contribution in [-0.4, -0.2) is 24.1 Å². The highest BCUT2D eigenvalue weighted by atomic mass is 16.6. The van der Waals surface area contributed by atoms with Gasteiger partial charge in [-0.25, -0.2) is 4.79 Å². The van der Waals surface area contributed by atoms with Crippen molar-refractivity contribution in [2.45, 2.75) is 51.6 Å². The predicted molar refractivity (Wildman–Crippen MR) is 61.2 cm³/mol. The molecule has 1 saturated carbocycles. The highest BCUT2D eigenvalue weighted by Crippen LogP contribution is 2.43. The van der Waals surface area contributed by atoms with Gasteiger partial charge in [-0.2, -0.15) is 0 Å². The first-order valence-corrected chi connectivity index (χ1v) is 6.12. The Morgan fingerprint density at radius 3 is 2.59 bits per heavy atom. The molecular weight excluding hydrogens is 220 g/mol. The summed E-state index contributed by atoms with van der Waals surface area (Å²) in [5.74, 6) is -0.579. The third-order valence-electron chi connectivity index (χ3n) is 3.68. The molecule has 17 heavy (non-hydrogen) atoms. The monoisotopic (exact) mass is 238 g/mol. The molecule has 1 aliphatic heterocycles. The predicted octanol–water partition coefficient (Wildman–Crippen LogP) is 2.13. The smallest absolute Gasteiger partial charge is 0.334 e. The summed E-state index contributed by atoms with van der Waals surface area (Å²) in [6, 6.07) is 0. The van der Waals surface area contributed by atoms with Crippen LogP contribution in [0.2, 0.25) is 0 Å². The van der Waals surface area contributed by atoms with Crippen molar-refractivity contribution in [3.8, 4) is 0 Å². The summed E-state index contributed by atoms with van der Waals surface area (Å²) in [5, 5.41) is 0. The van der Waals surface area contributed by atoms with E-state index >= 15 is 0 Å². The number of hydrogen-bond donors (Lipinski definition) is 0. The molecule has 0 bridgehead atoms. The van der Waals surface area contributed by atoms with Crippen LogP contribution in [-0.2, 0) is 19.1 Å². The topological polar surface area (TPSA) is 52.6 Å². The summed E-state index contributed by atoms with van der Waals surface area (Å²) >= 11 is 0. The highest BCUT2D eigenvalue weighted by molar-refractivity contribution is 5.92. The minimum absolute atomic E-state index is 0.187. The lowest BCUT2D eigenvalue weighted by atomic mass is 9.79. The molecule has 0 saturated heterocycles. The molecule has 0 radical (unpaired) electrons. The first-order valence-electron chi connectivity index (χ1n) is 6.12. The second-order valence-corrected chi connectivity index (χ2v) is 4.83. The molecule has 0 amide bonds. The van der Waals surface area contributed by atoms with Crippen LogP contribution >= 0.6 is 0 Å². The first kappa shape index (κ1) is 12.1. The van der Waals surface area contributed by atoms with Crippen molar-refractivity contribution in [2.24, 2.45) is 0 Å². The number of esters is 2. The van der Waals surface area contributed by atoms with Crippen LogP contribution < -0.4 is 0 Å². The van der Waals surface area contributed by atoms with Crippen molar-refractivity contribution in [1.29, 1.82) is 0 Å². The Hall–Kier alpha value is -1.32. The molecule has 4 heteroatoms. The van der Waals surface area contributed by atoms with Crippen molar-refractivity contribution < 1.29 is 19.1 Å². The molecule has 0 unspecified atom stereocenters. The van der Waals surface area contributed by atoms with E-state index in [4.69, 9.17) is 9.47 Å². The summed E-state index contributed by atoms with van der Waals surface area (Å²) in [7, 11) is 0. The number of carbonyl (C=O) groups is 2. The van der Waals surface area contributed by atoms with Gasteiger partial charge in [0, 0.05) is 18.1 Å². The Kier molecular flexibility index (Phi) is 3.22. The van der Waals surface area contributed by atoms with Crippen molar-refractivity contribution in [1.82, 2.24) is 0 Å². The van der Waals surface area contributed by atoms with Crippen molar-refractivity contribution in [3.05, 3.63) is 11.1 Å². The minimum Gasteiger partial charge on any atom is -0.461 e. The van der Waals surface area contributed by atoms with Gasteiger partial charge in [0.05, 0.1) is 0 Å². The molecule has 1 spiro atoms. The maximum absolute atomic E-state index is 11.7. The molecule has 0 N–H and O–H groups in total. The SMILES string of the molecule is CC(=O)OCC1=C(C)C(=O)OC12CCCCC2. The van der Waals surface area contributed by atoms with Crippen LogP contribution in [0.4, 0.5) is 0 Å². The van der Waals surface area contributed by atoms with E-state index in [1.165, 1.54) is 13.3 Å². The Morgan fingerprint density at radius 2 is 2.00 bits per heavy atom. The lowest BCUT2D eigenvalue weighted by molar-refractivity contribution is -0.149. The summed E-state index contributed by atoms with van der Waals surface area (Å²) < 4.78 is 10.6. The average molecular weight is 238 g/mol. The van der Waals surface area contributed by atoms with E-state index < -0.39 is 5.60 Å². The summed E-state index contributed by atoms with van der Waals surface area (Å²) in [6.45, 7) is 3.32. The van der Waals surface area contributed by atoms with E-state index in [9.17, 15) is 9.59 Å². The van der Waals surface area contributed by atoms with Gasteiger partial charge in [0.1, 0.15) is 12.2 Å². The van der Waals surface area contributed by atoms with Gasteiger partial charge in [-0.3, -0.25) is 4.79 Å². The molecule has 4 nitrogen and oxygen atoms in total. The van der Waals surface area contributed by atoms with Gasteiger partial charge in [-0.15, -0.1) is 0 Å². The first-order chi connectivity index (χ1) is 8.05. The third kappa shape index (κ3) is 2.21. The molecule has 1 heterocycles. The van der Waals surface area contributed by atoms with Gasteiger partial charge in [0.2, 0.25) is 0 Å². The zero-order chi connectivity index (χ0) is 12.5. The van der Waals surface area contributed by atoms with Crippen LogP contribution in [0, 0.1) is 0 Å². The van der Waals surface area contributed by atoms with Crippen molar-refractivity contribution in [2.75, 3.05) is 6.61 Å². The zero-order valence-corrected chi connectivity index (χ0v) is 10.4. The van der Waals surface area contributed by atoms with Crippen molar-refractivity contribution >= 4 is 11.9 Å². The number of rotatable bonds is 2. The van der Waals surface area contributed by atoms with E-state index in [2.05, 4.69) is 0 Å². The minimum atomic E-state index is -0.477. The van der Waals surface area contributed by atoms with Gasteiger partial charge in [0.15, 0.2) is 0 Å². The fourth-order valence-electron chi connectivity index (χ4n) is 2.72. The highest BCUT2D eigenvalue weighted by Gasteiger charge is 2.46. The van der Waals surface area contributed by atoms with E-state index in [-0.39, 0.29) is 18.5 Å². The molecule has 0 aromatic heterocycles. The maximum atomic E-state index is 11.7. The molecule has 0 atom stereocenters. The fraction of sp³-hybridized carbons (Fsp3) is 0.692. The molecule has 2 aliphatic rings. The van der Waals surface area contributed by atoms with Gasteiger partial charge in [-0.1, -0.05) is 6.42 Å². The molecule has 94 valence electrons. The second kappa shape index (κ2) is 4.51. The molecule has 0 aromatic carbocycles. The summed E-state index contributed by atoms with van der Waals surface area (Å²) in [4.78, 5) is 22.6. The lowest BCUT2D eigenvalue weighted by Crippen LogP contribution is -2.36. The van der Waals surface area contributed by atoms with Crippen LogP contribution in [0.1, 0.15) is 46.0 Å². The van der Waals surface area contributed by atoms with E-state index in [1.54, 1.807) is 6.92 Å². The fourth-order valence-corrected chi connectivity index (χ4v) is 2.72. The second-order valence-electron chi connectivity index (χ2n) is 4.83. The Balaban J connectivity index is 2.21. The average Bonchev–Trinajstić information content (AvgIpc) is 2.50. The third-order valence-corrected chi connectivity index (χ3v) is 3.68. The van der Waals surface area contributed by atoms with Crippen LogP contribution in [0.25, 0.3) is 0 Å².